The standard InChI is InChI=1S/C17H23ClN2O3/c1-12-3-4-15(18)7-14(12)8-19-16(21)20-9-13(2)23-17(10-20)5-6-22-11-17/h3-4,7,13H,5-6,8-11H2,1-2H3,(H,19,21)/t13-,17-/m1/s1. The van der Waals surface area contributed by atoms with E-state index in [0.717, 1.165) is 17.5 Å². The molecule has 0 radical (unpaired) electrons. The van der Waals surface area contributed by atoms with Crippen molar-refractivity contribution in [1.29, 1.82) is 0 Å². The lowest BCUT2D eigenvalue weighted by atomic mass is 9.99. The highest BCUT2D eigenvalue weighted by molar-refractivity contribution is 6.30. The van der Waals surface area contributed by atoms with Crippen molar-refractivity contribution in [2.75, 3.05) is 26.3 Å². The van der Waals surface area contributed by atoms with Gasteiger partial charge in [0, 0.05) is 31.1 Å². The summed E-state index contributed by atoms with van der Waals surface area (Å²) in [7, 11) is 0. The Kier molecular flexibility index (Phi) is 4.80. The van der Waals surface area contributed by atoms with E-state index in [0.29, 0.717) is 37.9 Å². The van der Waals surface area contributed by atoms with Gasteiger partial charge in [0.1, 0.15) is 5.60 Å². The Morgan fingerprint density at radius 2 is 2.35 bits per heavy atom. The zero-order valence-electron chi connectivity index (χ0n) is 13.6. The van der Waals surface area contributed by atoms with E-state index in [-0.39, 0.29) is 17.7 Å². The van der Waals surface area contributed by atoms with Gasteiger partial charge in [-0.1, -0.05) is 17.7 Å². The summed E-state index contributed by atoms with van der Waals surface area (Å²) in [5.41, 5.74) is 1.82. The van der Waals surface area contributed by atoms with Gasteiger partial charge in [0.25, 0.3) is 0 Å². The normalized spacial score (nSPS) is 27.4. The summed E-state index contributed by atoms with van der Waals surface area (Å²) in [5, 5.41) is 3.68. The van der Waals surface area contributed by atoms with Crippen LogP contribution in [0.1, 0.15) is 24.5 Å². The number of benzene rings is 1. The zero-order valence-corrected chi connectivity index (χ0v) is 14.4. The average Bonchev–Trinajstić information content (AvgIpc) is 2.94. The average molecular weight is 339 g/mol. The Morgan fingerprint density at radius 3 is 3.09 bits per heavy atom. The number of carbonyl (C=O) groups is 1. The second kappa shape index (κ2) is 6.67. The minimum Gasteiger partial charge on any atom is -0.378 e. The minimum absolute atomic E-state index is 0.0177. The van der Waals surface area contributed by atoms with Crippen LogP contribution in [0.3, 0.4) is 0 Å². The van der Waals surface area contributed by atoms with Crippen LogP contribution in [-0.4, -0.2) is 48.9 Å². The summed E-state index contributed by atoms with van der Waals surface area (Å²) < 4.78 is 11.5. The molecule has 1 N–H and O–H groups in total. The smallest absolute Gasteiger partial charge is 0.317 e. The molecule has 3 rings (SSSR count). The molecule has 0 aromatic heterocycles. The second-order valence-corrected chi connectivity index (χ2v) is 6.96. The number of rotatable bonds is 2. The lowest BCUT2D eigenvalue weighted by molar-refractivity contribution is -0.137. The lowest BCUT2D eigenvalue weighted by Gasteiger charge is -2.42. The van der Waals surface area contributed by atoms with Crippen LogP contribution < -0.4 is 5.32 Å². The Labute approximate surface area is 141 Å². The lowest BCUT2D eigenvalue weighted by Crippen LogP contribution is -2.58. The maximum atomic E-state index is 12.5. The van der Waals surface area contributed by atoms with Crippen LogP contribution in [0.2, 0.25) is 5.02 Å². The molecular weight excluding hydrogens is 316 g/mol. The Hall–Kier alpha value is -1.30. The highest BCUT2D eigenvalue weighted by Gasteiger charge is 2.43. The molecule has 1 aromatic carbocycles. The fraction of sp³-hybridized carbons (Fsp3) is 0.588. The SMILES string of the molecule is Cc1ccc(Cl)cc1CNC(=O)N1C[C@@H](C)O[C@]2(CCOC2)C1. The van der Waals surface area contributed by atoms with E-state index in [1.165, 1.54) is 0 Å². The van der Waals surface area contributed by atoms with Crippen LogP contribution in [0, 0.1) is 6.92 Å². The van der Waals surface area contributed by atoms with E-state index < -0.39 is 0 Å². The van der Waals surface area contributed by atoms with Crippen molar-refractivity contribution in [2.45, 2.75) is 38.5 Å². The first-order valence-electron chi connectivity index (χ1n) is 8.01. The quantitative estimate of drug-likeness (QED) is 0.902. The monoisotopic (exact) mass is 338 g/mol. The first-order chi connectivity index (χ1) is 11.0. The predicted molar refractivity (Wildman–Crippen MR) is 88.7 cm³/mol. The van der Waals surface area contributed by atoms with E-state index >= 15 is 0 Å². The number of urea groups is 1. The molecule has 0 bridgehead atoms. The number of carbonyl (C=O) groups excluding carboxylic acids is 1. The Morgan fingerprint density at radius 1 is 1.52 bits per heavy atom. The van der Waals surface area contributed by atoms with Gasteiger partial charge in [0.05, 0.1) is 19.3 Å². The summed E-state index contributed by atoms with van der Waals surface area (Å²) >= 11 is 6.03. The first-order valence-corrected chi connectivity index (χ1v) is 8.39. The molecular formula is C17H23ClN2O3. The number of ether oxygens (including phenoxy) is 2. The minimum atomic E-state index is -0.332. The highest BCUT2D eigenvalue weighted by atomic mass is 35.5. The summed E-state index contributed by atoms with van der Waals surface area (Å²) in [6.45, 7) is 6.93. The topological polar surface area (TPSA) is 50.8 Å². The van der Waals surface area contributed by atoms with Gasteiger partial charge in [-0.3, -0.25) is 0 Å². The molecule has 2 aliphatic rings. The molecule has 0 saturated carbocycles. The van der Waals surface area contributed by atoms with Crippen LogP contribution in [-0.2, 0) is 16.0 Å². The van der Waals surface area contributed by atoms with Crippen LogP contribution >= 0.6 is 11.6 Å². The Balaban J connectivity index is 1.62. The van der Waals surface area contributed by atoms with Crippen molar-refractivity contribution in [1.82, 2.24) is 10.2 Å². The molecule has 126 valence electrons. The van der Waals surface area contributed by atoms with Crippen LogP contribution in [0.25, 0.3) is 0 Å². The zero-order chi connectivity index (χ0) is 16.4. The number of aryl methyl sites for hydroxylation is 1. The molecule has 2 heterocycles. The van der Waals surface area contributed by atoms with Crippen LogP contribution in [0.4, 0.5) is 4.79 Å². The molecule has 2 aliphatic heterocycles. The number of amides is 2. The number of morpholine rings is 1. The van der Waals surface area contributed by atoms with Gasteiger partial charge in [-0.05, 0) is 37.1 Å². The van der Waals surface area contributed by atoms with Crippen molar-refractivity contribution in [3.8, 4) is 0 Å². The maximum absolute atomic E-state index is 12.5. The van der Waals surface area contributed by atoms with Crippen molar-refractivity contribution in [3.63, 3.8) is 0 Å². The summed E-state index contributed by atoms with van der Waals surface area (Å²) in [4.78, 5) is 14.4. The number of hydrogen-bond donors (Lipinski definition) is 1. The molecule has 2 fully saturated rings. The van der Waals surface area contributed by atoms with E-state index in [4.69, 9.17) is 21.1 Å². The van der Waals surface area contributed by atoms with Gasteiger partial charge in [0.15, 0.2) is 0 Å². The van der Waals surface area contributed by atoms with Gasteiger partial charge >= 0.3 is 6.03 Å². The molecule has 1 aromatic rings. The number of halogens is 1. The van der Waals surface area contributed by atoms with Gasteiger partial charge in [-0.2, -0.15) is 0 Å². The van der Waals surface area contributed by atoms with Crippen LogP contribution in [0.15, 0.2) is 18.2 Å². The van der Waals surface area contributed by atoms with E-state index in [9.17, 15) is 4.79 Å². The summed E-state index contributed by atoms with van der Waals surface area (Å²) in [6, 6.07) is 5.65. The third-order valence-electron chi connectivity index (χ3n) is 4.50. The first kappa shape index (κ1) is 16.6. The molecule has 23 heavy (non-hydrogen) atoms. The molecule has 6 heteroatoms. The van der Waals surface area contributed by atoms with Gasteiger partial charge < -0.3 is 19.7 Å². The van der Waals surface area contributed by atoms with E-state index in [2.05, 4.69) is 5.32 Å². The fourth-order valence-electron chi connectivity index (χ4n) is 3.30. The predicted octanol–water partition coefficient (Wildman–Crippen LogP) is 2.74. The molecule has 2 saturated heterocycles. The van der Waals surface area contributed by atoms with Gasteiger partial charge in [-0.15, -0.1) is 0 Å². The molecule has 0 unspecified atom stereocenters. The molecule has 5 nitrogen and oxygen atoms in total. The largest absolute Gasteiger partial charge is 0.378 e. The van der Waals surface area contributed by atoms with E-state index in [1.807, 2.05) is 36.9 Å². The van der Waals surface area contributed by atoms with Crippen LogP contribution in [0.5, 0.6) is 0 Å². The molecule has 2 atom stereocenters. The van der Waals surface area contributed by atoms with Crippen molar-refractivity contribution in [2.24, 2.45) is 0 Å². The summed E-state index contributed by atoms with van der Waals surface area (Å²) in [6.07, 6.45) is 0.859. The van der Waals surface area contributed by atoms with Gasteiger partial charge in [0.2, 0.25) is 0 Å². The molecule has 2 amide bonds. The third kappa shape index (κ3) is 3.79. The van der Waals surface area contributed by atoms with Crippen molar-refractivity contribution >= 4 is 17.6 Å². The Bertz CT molecular complexity index is 587. The third-order valence-corrected chi connectivity index (χ3v) is 4.74. The number of nitrogens with zero attached hydrogens (tertiary/aromatic N) is 1. The van der Waals surface area contributed by atoms with Crippen molar-refractivity contribution < 1.29 is 14.3 Å². The number of nitrogens with one attached hydrogen (secondary N) is 1. The van der Waals surface area contributed by atoms with Gasteiger partial charge in [-0.25, -0.2) is 4.79 Å². The molecule has 0 aliphatic carbocycles. The second-order valence-electron chi connectivity index (χ2n) is 6.52. The summed E-state index contributed by atoms with van der Waals surface area (Å²) in [5.74, 6) is 0. The molecule has 1 spiro atoms. The fourth-order valence-corrected chi connectivity index (χ4v) is 3.49. The maximum Gasteiger partial charge on any atom is 0.317 e. The number of hydrogen-bond acceptors (Lipinski definition) is 3. The highest BCUT2D eigenvalue weighted by Crippen LogP contribution is 2.30. The van der Waals surface area contributed by atoms with Crippen molar-refractivity contribution in [3.05, 3.63) is 34.3 Å². The van der Waals surface area contributed by atoms with E-state index in [1.54, 1.807) is 0 Å².